The SMILES string of the molecule is O=[N+]([O-])C=Cc1c[nH]c2c(F)cc(F)c(F)c12. The highest BCUT2D eigenvalue weighted by Gasteiger charge is 2.16. The van der Waals surface area contributed by atoms with Gasteiger partial charge in [0.1, 0.15) is 5.82 Å². The van der Waals surface area contributed by atoms with E-state index >= 15 is 0 Å². The van der Waals surface area contributed by atoms with Gasteiger partial charge in [-0.15, -0.1) is 0 Å². The van der Waals surface area contributed by atoms with Gasteiger partial charge in [0, 0.05) is 29.3 Å². The lowest BCUT2D eigenvalue weighted by molar-refractivity contribution is -0.400. The van der Waals surface area contributed by atoms with Crippen LogP contribution in [0.4, 0.5) is 13.2 Å². The maximum atomic E-state index is 13.4. The molecule has 1 aromatic heterocycles. The van der Waals surface area contributed by atoms with Crippen LogP contribution in [-0.4, -0.2) is 9.91 Å². The second-order valence-corrected chi connectivity index (χ2v) is 3.25. The largest absolute Gasteiger partial charge is 0.358 e. The van der Waals surface area contributed by atoms with Gasteiger partial charge >= 0.3 is 0 Å². The van der Waals surface area contributed by atoms with Gasteiger partial charge < -0.3 is 4.98 Å². The van der Waals surface area contributed by atoms with Crippen LogP contribution in [0.15, 0.2) is 18.5 Å². The molecule has 0 fully saturated rings. The van der Waals surface area contributed by atoms with E-state index in [1.807, 2.05) is 0 Å². The molecule has 17 heavy (non-hydrogen) atoms. The van der Waals surface area contributed by atoms with Crippen molar-refractivity contribution >= 4 is 17.0 Å². The van der Waals surface area contributed by atoms with Crippen LogP contribution < -0.4 is 0 Å². The maximum Gasteiger partial charge on any atom is 0.235 e. The van der Waals surface area contributed by atoms with E-state index in [2.05, 4.69) is 4.98 Å². The van der Waals surface area contributed by atoms with E-state index in [0.717, 1.165) is 12.3 Å². The lowest BCUT2D eigenvalue weighted by Crippen LogP contribution is -1.90. The van der Waals surface area contributed by atoms with Crippen LogP contribution in [0.5, 0.6) is 0 Å². The molecule has 0 aliphatic heterocycles. The predicted octanol–water partition coefficient (Wildman–Crippen LogP) is 2.83. The highest BCUT2D eigenvalue weighted by atomic mass is 19.2. The number of benzene rings is 1. The van der Waals surface area contributed by atoms with Crippen molar-refractivity contribution in [3.05, 3.63) is 51.6 Å². The first kappa shape index (κ1) is 11.2. The molecule has 0 aliphatic carbocycles. The highest BCUT2D eigenvalue weighted by molar-refractivity contribution is 5.89. The summed E-state index contributed by atoms with van der Waals surface area (Å²) in [4.78, 5) is 11.8. The fraction of sp³-hybridized carbons (Fsp3) is 0. The predicted molar refractivity (Wildman–Crippen MR) is 54.2 cm³/mol. The van der Waals surface area contributed by atoms with Crippen molar-refractivity contribution in [1.29, 1.82) is 0 Å². The molecule has 0 unspecified atom stereocenters. The Morgan fingerprint density at radius 1 is 1.29 bits per heavy atom. The Morgan fingerprint density at radius 3 is 2.65 bits per heavy atom. The lowest BCUT2D eigenvalue weighted by Gasteiger charge is -1.98. The van der Waals surface area contributed by atoms with Gasteiger partial charge in [0.05, 0.1) is 10.4 Å². The zero-order valence-corrected chi connectivity index (χ0v) is 8.21. The van der Waals surface area contributed by atoms with Gasteiger partial charge in [-0.25, -0.2) is 13.2 Å². The van der Waals surface area contributed by atoms with Crippen LogP contribution in [0.1, 0.15) is 5.56 Å². The number of rotatable bonds is 2. The Kier molecular flexibility index (Phi) is 2.58. The molecule has 0 spiro atoms. The average molecular weight is 242 g/mol. The van der Waals surface area contributed by atoms with E-state index in [9.17, 15) is 23.3 Å². The topological polar surface area (TPSA) is 58.9 Å². The summed E-state index contributed by atoms with van der Waals surface area (Å²) in [5, 5.41) is 9.77. The van der Waals surface area contributed by atoms with E-state index in [0.29, 0.717) is 12.3 Å². The van der Waals surface area contributed by atoms with Gasteiger partial charge in [-0.2, -0.15) is 0 Å². The number of fused-ring (bicyclic) bond motifs is 1. The number of aromatic nitrogens is 1. The van der Waals surface area contributed by atoms with Gasteiger partial charge in [-0.3, -0.25) is 10.1 Å². The molecular weight excluding hydrogens is 237 g/mol. The number of hydrogen-bond donors (Lipinski definition) is 1. The molecule has 0 saturated heterocycles. The summed E-state index contributed by atoms with van der Waals surface area (Å²) in [5.41, 5.74) is -0.223. The number of halogens is 3. The van der Waals surface area contributed by atoms with Crippen molar-refractivity contribution in [3.63, 3.8) is 0 Å². The Labute approximate surface area is 92.5 Å². The summed E-state index contributed by atoms with van der Waals surface area (Å²) >= 11 is 0. The molecule has 1 heterocycles. The van der Waals surface area contributed by atoms with Gasteiger partial charge in [0.15, 0.2) is 11.6 Å². The van der Waals surface area contributed by atoms with Gasteiger partial charge in [0.2, 0.25) is 6.20 Å². The summed E-state index contributed by atoms with van der Waals surface area (Å²) in [6.07, 6.45) is 2.68. The minimum absolute atomic E-state index is 0.00704. The number of aromatic amines is 1. The Hall–Kier alpha value is -2.31. The van der Waals surface area contributed by atoms with Crippen LogP contribution in [0.3, 0.4) is 0 Å². The molecule has 0 saturated carbocycles. The second kappa shape index (κ2) is 3.93. The Morgan fingerprint density at radius 2 is 2.00 bits per heavy atom. The fourth-order valence-electron chi connectivity index (χ4n) is 1.50. The average Bonchev–Trinajstić information content (AvgIpc) is 2.67. The van der Waals surface area contributed by atoms with Gasteiger partial charge in [-0.05, 0) is 0 Å². The summed E-state index contributed by atoms with van der Waals surface area (Å²) in [6, 6.07) is 0.412. The minimum atomic E-state index is -1.34. The third-order valence-corrected chi connectivity index (χ3v) is 2.21. The standard InChI is InChI=1S/C10H5F3N2O2/c11-6-3-7(12)10-8(9(6)13)5(4-14-10)1-2-15(16)17/h1-4,14H. The number of hydrogen-bond acceptors (Lipinski definition) is 2. The van der Waals surface area contributed by atoms with Crippen molar-refractivity contribution in [1.82, 2.24) is 4.98 Å². The molecule has 7 heteroatoms. The van der Waals surface area contributed by atoms with Crippen LogP contribution in [-0.2, 0) is 0 Å². The minimum Gasteiger partial charge on any atom is -0.358 e. The van der Waals surface area contributed by atoms with E-state index in [4.69, 9.17) is 0 Å². The molecule has 0 atom stereocenters. The number of nitrogens with one attached hydrogen (secondary N) is 1. The molecule has 88 valence electrons. The van der Waals surface area contributed by atoms with E-state index < -0.39 is 22.4 Å². The van der Waals surface area contributed by atoms with E-state index in [1.54, 1.807) is 0 Å². The van der Waals surface area contributed by atoms with Crippen molar-refractivity contribution in [3.8, 4) is 0 Å². The summed E-state index contributed by atoms with van der Waals surface area (Å²) in [7, 11) is 0. The van der Waals surface area contributed by atoms with Gasteiger partial charge in [-0.1, -0.05) is 0 Å². The van der Waals surface area contributed by atoms with E-state index in [-0.39, 0.29) is 16.5 Å². The van der Waals surface area contributed by atoms with Crippen molar-refractivity contribution in [2.24, 2.45) is 0 Å². The number of nitrogens with zero attached hydrogens (tertiary/aromatic N) is 1. The number of nitro groups is 1. The second-order valence-electron chi connectivity index (χ2n) is 3.25. The lowest BCUT2D eigenvalue weighted by atomic mass is 10.1. The van der Waals surface area contributed by atoms with Crippen molar-refractivity contribution < 1.29 is 18.1 Å². The summed E-state index contributed by atoms with van der Waals surface area (Å²) in [5.74, 6) is -3.55. The first-order valence-electron chi connectivity index (χ1n) is 4.47. The van der Waals surface area contributed by atoms with Crippen LogP contribution in [0, 0.1) is 27.6 Å². The highest BCUT2D eigenvalue weighted by Crippen LogP contribution is 2.27. The molecule has 0 radical (unpaired) electrons. The molecule has 0 aliphatic rings. The molecule has 2 rings (SSSR count). The number of H-pyrrole nitrogens is 1. The Balaban J connectivity index is 2.71. The van der Waals surface area contributed by atoms with Crippen LogP contribution >= 0.6 is 0 Å². The Bertz CT molecular complexity index is 634. The molecule has 1 N–H and O–H groups in total. The zero-order chi connectivity index (χ0) is 12.6. The smallest absolute Gasteiger partial charge is 0.235 e. The molecule has 0 bridgehead atoms. The molecular formula is C10H5F3N2O2. The first-order valence-corrected chi connectivity index (χ1v) is 4.47. The molecule has 0 amide bonds. The van der Waals surface area contributed by atoms with Crippen molar-refractivity contribution in [2.45, 2.75) is 0 Å². The third kappa shape index (κ3) is 1.86. The molecule has 2 aromatic rings. The van der Waals surface area contributed by atoms with E-state index in [1.165, 1.54) is 0 Å². The summed E-state index contributed by atoms with van der Waals surface area (Å²) in [6.45, 7) is 0. The first-order chi connectivity index (χ1) is 8.00. The molecule has 1 aromatic carbocycles. The third-order valence-electron chi connectivity index (χ3n) is 2.21. The summed E-state index contributed by atoms with van der Waals surface area (Å²) < 4.78 is 39.7. The zero-order valence-electron chi connectivity index (χ0n) is 8.21. The maximum absolute atomic E-state index is 13.4. The fourth-order valence-corrected chi connectivity index (χ4v) is 1.50. The molecule has 4 nitrogen and oxygen atoms in total. The monoisotopic (exact) mass is 242 g/mol. The van der Waals surface area contributed by atoms with Gasteiger partial charge in [0.25, 0.3) is 0 Å². The van der Waals surface area contributed by atoms with Crippen LogP contribution in [0.2, 0.25) is 0 Å². The quantitative estimate of drug-likeness (QED) is 0.500. The van der Waals surface area contributed by atoms with Crippen LogP contribution in [0.25, 0.3) is 17.0 Å². The normalized spacial score (nSPS) is 11.5. The van der Waals surface area contributed by atoms with Crippen molar-refractivity contribution in [2.75, 3.05) is 0 Å².